The third-order valence-electron chi connectivity index (χ3n) is 1.87. The summed E-state index contributed by atoms with van der Waals surface area (Å²) in [6, 6.07) is 6.13. The van der Waals surface area contributed by atoms with Gasteiger partial charge in [-0.1, -0.05) is 6.07 Å². The molecule has 2 nitrogen and oxygen atoms in total. The van der Waals surface area contributed by atoms with E-state index in [1.165, 1.54) is 12.1 Å². The zero-order valence-corrected chi connectivity index (χ0v) is 8.93. The second kappa shape index (κ2) is 6.26. The Labute approximate surface area is 93.2 Å². The van der Waals surface area contributed by atoms with E-state index >= 15 is 0 Å². The van der Waals surface area contributed by atoms with Crippen molar-refractivity contribution < 1.29 is 9.13 Å². The van der Waals surface area contributed by atoms with E-state index in [-0.39, 0.29) is 5.56 Å². The van der Waals surface area contributed by atoms with Gasteiger partial charge in [-0.25, -0.2) is 4.39 Å². The highest BCUT2D eigenvalue weighted by molar-refractivity contribution is 6.17. The number of hydrogen-bond donors (Lipinski definition) is 0. The van der Waals surface area contributed by atoms with Gasteiger partial charge >= 0.3 is 0 Å². The molecule has 0 saturated heterocycles. The molecule has 0 amide bonds. The third-order valence-corrected chi connectivity index (χ3v) is 2.14. The van der Waals surface area contributed by atoms with Crippen LogP contribution in [0.3, 0.4) is 0 Å². The summed E-state index contributed by atoms with van der Waals surface area (Å²) in [6.45, 7) is 0.449. The molecule has 80 valence electrons. The lowest BCUT2D eigenvalue weighted by atomic mass is 10.2. The fourth-order valence-electron chi connectivity index (χ4n) is 1.11. The lowest BCUT2D eigenvalue weighted by Gasteiger charge is -2.07. The molecule has 0 atom stereocenters. The molecule has 1 rings (SSSR count). The topological polar surface area (TPSA) is 33.0 Å². The third kappa shape index (κ3) is 3.41. The number of hydrogen-bond acceptors (Lipinski definition) is 2. The minimum Gasteiger partial charge on any atom is -0.492 e. The number of ether oxygens (including phenoxy) is 1. The van der Waals surface area contributed by atoms with Gasteiger partial charge in [-0.2, -0.15) is 5.26 Å². The quantitative estimate of drug-likeness (QED) is 0.572. The maximum absolute atomic E-state index is 13.1. The van der Waals surface area contributed by atoms with Crippen LogP contribution in [0.15, 0.2) is 18.2 Å². The van der Waals surface area contributed by atoms with Crippen LogP contribution in [0.2, 0.25) is 0 Å². The number of alkyl halides is 1. The van der Waals surface area contributed by atoms with Crippen molar-refractivity contribution in [3.8, 4) is 11.8 Å². The van der Waals surface area contributed by atoms with Crippen LogP contribution in [0, 0.1) is 17.1 Å². The smallest absolute Gasteiger partial charge is 0.144 e. The summed E-state index contributed by atoms with van der Waals surface area (Å²) in [5.41, 5.74) is -0.0385. The zero-order valence-electron chi connectivity index (χ0n) is 8.17. The molecule has 4 heteroatoms. The van der Waals surface area contributed by atoms with Crippen molar-refractivity contribution >= 4 is 11.6 Å². The number of unbranched alkanes of at least 4 members (excludes halogenated alkanes) is 1. The largest absolute Gasteiger partial charge is 0.492 e. The zero-order chi connectivity index (χ0) is 11.1. The first-order chi connectivity index (χ1) is 7.29. The van der Waals surface area contributed by atoms with Crippen LogP contribution in [0.1, 0.15) is 18.4 Å². The molecule has 0 N–H and O–H groups in total. The predicted molar refractivity (Wildman–Crippen MR) is 56.6 cm³/mol. The Balaban J connectivity index is 2.61. The molecule has 0 spiro atoms. The molecular weight excluding hydrogens is 217 g/mol. The van der Waals surface area contributed by atoms with Crippen LogP contribution in [-0.4, -0.2) is 12.5 Å². The molecule has 0 aliphatic heterocycles. The van der Waals surface area contributed by atoms with Gasteiger partial charge in [0.25, 0.3) is 0 Å². The molecule has 0 unspecified atom stereocenters. The van der Waals surface area contributed by atoms with Gasteiger partial charge in [-0.05, 0) is 25.0 Å². The number of rotatable bonds is 5. The van der Waals surface area contributed by atoms with Crippen molar-refractivity contribution in [1.29, 1.82) is 5.26 Å². The lowest BCUT2D eigenvalue weighted by Crippen LogP contribution is -2.00. The van der Waals surface area contributed by atoms with E-state index in [1.54, 1.807) is 12.1 Å². The normalized spacial score (nSPS) is 9.67. The first-order valence-electron chi connectivity index (χ1n) is 4.67. The molecule has 0 bridgehead atoms. The molecule has 0 aromatic heterocycles. The Morgan fingerprint density at radius 1 is 1.40 bits per heavy atom. The van der Waals surface area contributed by atoms with Gasteiger partial charge in [0.2, 0.25) is 0 Å². The fourth-order valence-corrected chi connectivity index (χ4v) is 1.30. The summed E-state index contributed by atoms with van der Waals surface area (Å²) < 4.78 is 18.4. The Hall–Kier alpha value is -1.27. The standard InChI is InChI=1S/C11H11ClFNO/c12-6-1-2-7-15-11-5-3-4-10(13)9(11)8-14/h3-5H,1-2,6-7H2. The fraction of sp³-hybridized carbons (Fsp3) is 0.364. The SMILES string of the molecule is N#Cc1c(F)cccc1OCCCCCl. The van der Waals surface area contributed by atoms with Crippen molar-refractivity contribution in [3.05, 3.63) is 29.6 Å². The van der Waals surface area contributed by atoms with E-state index in [0.29, 0.717) is 18.2 Å². The van der Waals surface area contributed by atoms with E-state index in [1.807, 2.05) is 0 Å². The summed E-state index contributed by atoms with van der Waals surface area (Å²) in [5, 5.41) is 8.71. The molecule has 0 heterocycles. The van der Waals surface area contributed by atoms with Gasteiger partial charge < -0.3 is 4.74 Å². The lowest BCUT2D eigenvalue weighted by molar-refractivity contribution is 0.307. The summed E-state index contributed by atoms with van der Waals surface area (Å²) in [5.74, 6) is 0.330. The molecule has 0 fully saturated rings. The van der Waals surface area contributed by atoms with Crippen molar-refractivity contribution in [1.82, 2.24) is 0 Å². The van der Waals surface area contributed by atoms with Gasteiger partial charge in [0, 0.05) is 5.88 Å². The van der Waals surface area contributed by atoms with Crippen LogP contribution >= 0.6 is 11.6 Å². The minimum absolute atomic E-state index is 0.0385. The molecule has 0 aliphatic carbocycles. The average Bonchev–Trinajstić information content (AvgIpc) is 2.24. The van der Waals surface area contributed by atoms with E-state index in [0.717, 1.165) is 12.8 Å². The highest BCUT2D eigenvalue weighted by atomic mass is 35.5. The summed E-state index contributed by atoms with van der Waals surface area (Å²) >= 11 is 5.50. The summed E-state index contributed by atoms with van der Waals surface area (Å²) in [7, 11) is 0. The highest BCUT2D eigenvalue weighted by Gasteiger charge is 2.07. The van der Waals surface area contributed by atoms with E-state index in [2.05, 4.69) is 0 Å². The van der Waals surface area contributed by atoms with Crippen molar-refractivity contribution in [2.24, 2.45) is 0 Å². The van der Waals surface area contributed by atoms with Gasteiger partial charge in [0.15, 0.2) is 0 Å². The van der Waals surface area contributed by atoms with Gasteiger partial charge in [-0.3, -0.25) is 0 Å². The van der Waals surface area contributed by atoms with E-state index in [4.69, 9.17) is 21.6 Å². The molecule has 1 aromatic rings. The number of nitrogens with zero attached hydrogens (tertiary/aromatic N) is 1. The van der Waals surface area contributed by atoms with Crippen molar-refractivity contribution in [3.63, 3.8) is 0 Å². The Bertz CT molecular complexity index is 362. The maximum Gasteiger partial charge on any atom is 0.144 e. The van der Waals surface area contributed by atoms with Crippen molar-refractivity contribution in [2.75, 3.05) is 12.5 Å². The van der Waals surface area contributed by atoms with Crippen LogP contribution in [0.4, 0.5) is 4.39 Å². The van der Waals surface area contributed by atoms with Crippen LogP contribution in [-0.2, 0) is 0 Å². The Morgan fingerprint density at radius 3 is 2.87 bits per heavy atom. The average molecular weight is 228 g/mol. The molecule has 1 aromatic carbocycles. The molecule has 15 heavy (non-hydrogen) atoms. The van der Waals surface area contributed by atoms with Gasteiger partial charge in [0.1, 0.15) is 23.2 Å². The monoisotopic (exact) mass is 227 g/mol. The second-order valence-electron chi connectivity index (χ2n) is 2.97. The molecule has 0 aliphatic rings. The number of halogens is 2. The van der Waals surface area contributed by atoms with Gasteiger partial charge in [-0.15, -0.1) is 11.6 Å². The second-order valence-corrected chi connectivity index (χ2v) is 3.35. The van der Waals surface area contributed by atoms with E-state index in [9.17, 15) is 4.39 Å². The predicted octanol–water partition coefficient (Wildman–Crippen LogP) is 3.10. The maximum atomic E-state index is 13.1. The van der Waals surface area contributed by atoms with E-state index < -0.39 is 5.82 Å². The highest BCUT2D eigenvalue weighted by Crippen LogP contribution is 2.20. The Morgan fingerprint density at radius 2 is 2.20 bits per heavy atom. The first-order valence-corrected chi connectivity index (χ1v) is 5.20. The van der Waals surface area contributed by atoms with Crippen molar-refractivity contribution in [2.45, 2.75) is 12.8 Å². The Kier molecular flexibility index (Phi) is 4.92. The molecular formula is C11H11ClFNO. The summed E-state index contributed by atoms with van der Waals surface area (Å²) in [6.07, 6.45) is 1.64. The molecule has 0 radical (unpaired) electrons. The van der Waals surface area contributed by atoms with Gasteiger partial charge in [0.05, 0.1) is 6.61 Å². The minimum atomic E-state index is -0.549. The van der Waals surface area contributed by atoms with Crippen LogP contribution in [0.25, 0.3) is 0 Å². The molecule has 0 saturated carbocycles. The summed E-state index contributed by atoms with van der Waals surface area (Å²) in [4.78, 5) is 0. The number of nitriles is 1. The number of benzene rings is 1. The first kappa shape index (κ1) is 11.8. The van der Waals surface area contributed by atoms with Crippen LogP contribution in [0.5, 0.6) is 5.75 Å². The van der Waals surface area contributed by atoms with Crippen LogP contribution < -0.4 is 4.74 Å².